The van der Waals surface area contributed by atoms with E-state index in [-0.39, 0.29) is 0 Å². The molecule has 0 unspecified atom stereocenters. The Kier molecular flexibility index (Phi) is 8.19. The van der Waals surface area contributed by atoms with Crippen LogP contribution in [0.25, 0.3) is 88.0 Å². The summed E-state index contributed by atoms with van der Waals surface area (Å²) >= 11 is 0. The van der Waals surface area contributed by atoms with Gasteiger partial charge in [0.05, 0.1) is 16.8 Å². The zero-order chi connectivity index (χ0) is 38.4. The summed E-state index contributed by atoms with van der Waals surface area (Å²) in [5.41, 5.74) is 14.1. The molecule has 1 aromatic heterocycles. The Morgan fingerprint density at radius 2 is 0.828 bits per heavy atom. The number of hydrogen-bond donors (Lipinski definition) is 0. The summed E-state index contributed by atoms with van der Waals surface area (Å²) in [4.78, 5) is 2.46. The van der Waals surface area contributed by atoms with E-state index in [2.05, 4.69) is 229 Å². The van der Waals surface area contributed by atoms with E-state index < -0.39 is 0 Å². The maximum absolute atomic E-state index is 6.92. The van der Waals surface area contributed by atoms with Crippen LogP contribution >= 0.6 is 0 Å². The Morgan fingerprint density at radius 1 is 0.310 bits per heavy atom. The molecule has 0 N–H and O–H groups in total. The van der Waals surface area contributed by atoms with E-state index in [1.807, 2.05) is 0 Å². The van der Waals surface area contributed by atoms with Crippen LogP contribution in [0.3, 0.4) is 0 Å². The number of hydrogen-bond acceptors (Lipinski definition) is 2. The van der Waals surface area contributed by atoms with Crippen molar-refractivity contribution in [1.29, 1.82) is 0 Å². The van der Waals surface area contributed by atoms with Crippen molar-refractivity contribution in [2.45, 2.75) is 0 Å². The Labute approximate surface area is 337 Å². The highest BCUT2D eigenvalue weighted by atomic mass is 16.3. The molecule has 0 aliphatic carbocycles. The Hall–Kier alpha value is -7.68. The molecule has 2 heteroatoms. The summed E-state index contributed by atoms with van der Waals surface area (Å²) in [6, 6.07) is 80.7. The van der Waals surface area contributed by atoms with Gasteiger partial charge in [-0.05, 0) is 91.3 Å². The zero-order valence-corrected chi connectivity index (χ0v) is 31.7. The number of anilines is 3. The maximum atomic E-state index is 6.92. The minimum atomic E-state index is 0.859. The van der Waals surface area contributed by atoms with Crippen molar-refractivity contribution in [2.75, 3.05) is 4.90 Å². The molecule has 0 aliphatic heterocycles. The smallest absolute Gasteiger partial charge is 0.145 e. The van der Waals surface area contributed by atoms with Crippen LogP contribution < -0.4 is 4.90 Å². The second-order valence-corrected chi connectivity index (χ2v) is 14.9. The number of furan rings is 1. The van der Waals surface area contributed by atoms with Crippen molar-refractivity contribution in [3.8, 4) is 44.5 Å². The van der Waals surface area contributed by atoms with Crippen molar-refractivity contribution in [3.63, 3.8) is 0 Å². The fourth-order valence-corrected chi connectivity index (χ4v) is 8.62. The summed E-state index contributed by atoms with van der Waals surface area (Å²) < 4.78 is 6.92. The minimum absolute atomic E-state index is 0.859. The summed E-state index contributed by atoms with van der Waals surface area (Å²) in [5.74, 6) is 0. The van der Waals surface area contributed by atoms with E-state index in [1.165, 1.54) is 38.2 Å². The third kappa shape index (κ3) is 5.82. The van der Waals surface area contributed by atoms with Gasteiger partial charge >= 0.3 is 0 Å². The highest BCUT2D eigenvalue weighted by Crippen LogP contribution is 2.49. The minimum Gasteiger partial charge on any atom is -0.455 e. The molecule has 0 atom stereocenters. The zero-order valence-electron chi connectivity index (χ0n) is 31.7. The normalized spacial score (nSPS) is 11.4. The molecule has 10 aromatic carbocycles. The fourth-order valence-electron chi connectivity index (χ4n) is 8.62. The van der Waals surface area contributed by atoms with Crippen LogP contribution in [0.5, 0.6) is 0 Å². The summed E-state index contributed by atoms with van der Waals surface area (Å²) in [5, 5.41) is 7.02. The molecule has 0 bridgehead atoms. The molecule has 0 radical (unpaired) electrons. The van der Waals surface area contributed by atoms with Gasteiger partial charge in [0.15, 0.2) is 0 Å². The van der Waals surface area contributed by atoms with Gasteiger partial charge in [0.2, 0.25) is 0 Å². The molecule has 11 rings (SSSR count). The van der Waals surface area contributed by atoms with Crippen molar-refractivity contribution in [3.05, 3.63) is 224 Å². The van der Waals surface area contributed by atoms with E-state index >= 15 is 0 Å². The number of nitrogens with zero attached hydrogens (tertiary/aromatic N) is 1. The molecule has 0 aliphatic rings. The third-order valence-corrected chi connectivity index (χ3v) is 11.5. The van der Waals surface area contributed by atoms with E-state index in [1.54, 1.807) is 0 Å². The SMILES string of the molecule is c1ccc(-c2ccc(-c3ccc(N(c4ccc5ccc6ccccc6c5c4)c4cc(-c5ccccc5)ccc4-c4ccccc4)c4c3oc3ccccc34)cc2)cc1. The van der Waals surface area contributed by atoms with Gasteiger partial charge in [0.25, 0.3) is 0 Å². The van der Waals surface area contributed by atoms with Gasteiger partial charge in [-0.2, -0.15) is 0 Å². The van der Waals surface area contributed by atoms with E-state index in [4.69, 9.17) is 4.42 Å². The van der Waals surface area contributed by atoms with Crippen LogP contribution in [0.4, 0.5) is 17.1 Å². The average Bonchev–Trinajstić information content (AvgIpc) is 3.70. The maximum Gasteiger partial charge on any atom is 0.145 e. The molecule has 0 fully saturated rings. The van der Waals surface area contributed by atoms with Gasteiger partial charge in [-0.1, -0.05) is 188 Å². The van der Waals surface area contributed by atoms with Gasteiger partial charge in [0, 0.05) is 22.2 Å². The van der Waals surface area contributed by atoms with Crippen LogP contribution in [-0.2, 0) is 0 Å². The first-order valence-corrected chi connectivity index (χ1v) is 19.8. The third-order valence-electron chi connectivity index (χ3n) is 11.5. The van der Waals surface area contributed by atoms with E-state index in [0.717, 1.165) is 66.8 Å². The molecule has 0 amide bonds. The molecule has 2 nitrogen and oxygen atoms in total. The summed E-state index contributed by atoms with van der Waals surface area (Å²) in [7, 11) is 0. The largest absolute Gasteiger partial charge is 0.455 e. The lowest BCUT2D eigenvalue weighted by molar-refractivity contribution is 0.670. The second-order valence-electron chi connectivity index (χ2n) is 14.9. The van der Waals surface area contributed by atoms with Crippen molar-refractivity contribution < 1.29 is 4.42 Å². The van der Waals surface area contributed by atoms with Gasteiger partial charge in [-0.25, -0.2) is 0 Å². The first-order valence-electron chi connectivity index (χ1n) is 19.8. The lowest BCUT2D eigenvalue weighted by Crippen LogP contribution is -2.12. The van der Waals surface area contributed by atoms with Crippen LogP contribution in [0.1, 0.15) is 0 Å². The van der Waals surface area contributed by atoms with Crippen LogP contribution in [0.15, 0.2) is 229 Å². The molecule has 0 saturated heterocycles. The van der Waals surface area contributed by atoms with Crippen LogP contribution in [-0.4, -0.2) is 0 Å². The number of rotatable bonds is 7. The van der Waals surface area contributed by atoms with Gasteiger partial charge in [-0.15, -0.1) is 0 Å². The molecule has 58 heavy (non-hydrogen) atoms. The highest BCUT2D eigenvalue weighted by Gasteiger charge is 2.25. The monoisotopic (exact) mass is 739 g/mol. The second kappa shape index (κ2) is 14.1. The quantitative estimate of drug-likeness (QED) is 0.151. The van der Waals surface area contributed by atoms with Gasteiger partial charge < -0.3 is 9.32 Å². The Morgan fingerprint density at radius 3 is 1.57 bits per heavy atom. The summed E-state index contributed by atoms with van der Waals surface area (Å²) in [6.07, 6.45) is 0. The first kappa shape index (κ1) is 33.6. The van der Waals surface area contributed by atoms with E-state index in [9.17, 15) is 0 Å². The lowest BCUT2D eigenvalue weighted by Gasteiger charge is -2.30. The summed E-state index contributed by atoms with van der Waals surface area (Å²) in [6.45, 7) is 0. The molecule has 0 saturated carbocycles. The average molecular weight is 740 g/mol. The van der Waals surface area contributed by atoms with Gasteiger partial charge in [-0.3, -0.25) is 0 Å². The molecule has 1 heterocycles. The van der Waals surface area contributed by atoms with Gasteiger partial charge in [0.1, 0.15) is 11.2 Å². The van der Waals surface area contributed by atoms with E-state index in [0.29, 0.717) is 0 Å². The van der Waals surface area contributed by atoms with Crippen LogP contribution in [0.2, 0.25) is 0 Å². The molecule has 272 valence electrons. The number of fused-ring (bicyclic) bond motifs is 6. The Balaban J connectivity index is 1.21. The topological polar surface area (TPSA) is 16.4 Å². The standard InChI is InChI=1S/C56H37NO/c1-4-14-38(15-5-1)40-24-26-43(27-25-40)49-34-35-52(55-50-22-12-13-23-54(50)58-56(49)55)57(46-32-30-44-29-28-42-20-10-11-21-47(42)51(44)37-46)53-36-45(39-16-6-2-7-17-39)31-33-48(53)41-18-8-3-9-19-41/h1-37H. The van der Waals surface area contributed by atoms with Crippen molar-refractivity contribution in [2.24, 2.45) is 0 Å². The van der Waals surface area contributed by atoms with Crippen molar-refractivity contribution in [1.82, 2.24) is 0 Å². The number of para-hydroxylation sites is 1. The predicted octanol–water partition coefficient (Wildman–Crippen LogP) is 16.0. The molecular weight excluding hydrogens is 703 g/mol. The molecular formula is C56H37NO. The molecule has 0 spiro atoms. The predicted molar refractivity (Wildman–Crippen MR) is 245 cm³/mol. The van der Waals surface area contributed by atoms with Crippen molar-refractivity contribution >= 4 is 60.5 Å². The lowest BCUT2D eigenvalue weighted by atomic mass is 9.94. The van der Waals surface area contributed by atoms with Crippen LogP contribution in [0, 0.1) is 0 Å². The number of benzene rings is 10. The molecule has 11 aromatic rings. The Bertz CT molecular complexity index is 3260. The highest BCUT2D eigenvalue weighted by molar-refractivity contribution is 6.18. The first-order chi connectivity index (χ1) is 28.8. The fraction of sp³-hybridized carbons (Fsp3) is 0.